The van der Waals surface area contributed by atoms with Gasteiger partial charge in [0.2, 0.25) is 0 Å². The lowest BCUT2D eigenvalue weighted by Crippen LogP contribution is -2.41. The summed E-state index contributed by atoms with van der Waals surface area (Å²) >= 11 is 0. The van der Waals surface area contributed by atoms with E-state index in [1.807, 2.05) is 30.3 Å². The van der Waals surface area contributed by atoms with Gasteiger partial charge in [0.05, 0.1) is 0 Å². The summed E-state index contributed by atoms with van der Waals surface area (Å²) in [6.07, 6.45) is -3.04. The molecule has 2 rings (SSSR count). The van der Waals surface area contributed by atoms with Crippen molar-refractivity contribution in [3.63, 3.8) is 0 Å². The van der Waals surface area contributed by atoms with Crippen LogP contribution >= 0.6 is 0 Å². The summed E-state index contributed by atoms with van der Waals surface area (Å²) in [5.41, 5.74) is -0.878. The Balaban J connectivity index is 2.35. The second-order valence-electron chi connectivity index (χ2n) is 5.02. The smallest absolute Gasteiger partial charge is 0.170 e. The Kier molecular flexibility index (Phi) is 4.51. The minimum atomic E-state index is -4.37. The van der Waals surface area contributed by atoms with E-state index in [1.54, 1.807) is 18.2 Å². The van der Waals surface area contributed by atoms with Crippen LogP contribution in [-0.2, 0) is 11.8 Å². The Morgan fingerprint density at radius 2 is 1.38 bits per heavy atom. The predicted molar refractivity (Wildman–Crippen MR) is 79.1 cm³/mol. The number of benzene rings is 2. The van der Waals surface area contributed by atoms with E-state index in [4.69, 9.17) is 0 Å². The van der Waals surface area contributed by atoms with Crippen LogP contribution in [0, 0.1) is 0 Å². The van der Waals surface area contributed by atoms with Gasteiger partial charge in [-0.15, -0.1) is 6.58 Å². The molecule has 0 aromatic heterocycles. The minimum Gasteiger partial charge on any atom is -0.170 e. The van der Waals surface area contributed by atoms with Crippen molar-refractivity contribution in [1.82, 2.24) is 0 Å². The average Bonchev–Trinajstić information content (AvgIpc) is 2.49. The Hall–Kier alpha value is -2.03. The molecule has 0 aliphatic carbocycles. The van der Waals surface area contributed by atoms with Gasteiger partial charge in [-0.1, -0.05) is 66.7 Å². The molecule has 0 amide bonds. The Morgan fingerprint density at radius 1 is 0.857 bits per heavy atom. The first-order valence-electron chi connectivity index (χ1n) is 6.79. The second kappa shape index (κ2) is 6.17. The molecule has 0 heterocycles. The Morgan fingerprint density at radius 3 is 1.86 bits per heavy atom. The number of aryl methyl sites for hydroxylation is 1. The van der Waals surface area contributed by atoms with E-state index in [2.05, 4.69) is 6.58 Å². The van der Waals surface area contributed by atoms with Gasteiger partial charge in [0.25, 0.3) is 0 Å². The molecule has 110 valence electrons. The van der Waals surface area contributed by atoms with Gasteiger partial charge in [0.15, 0.2) is 0 Å². The van der Waals surface area contributed by atoms with E-state index in [0.717, 1.165) is 11.6 Å². The molecule has 2 aromatic rings. The zero-order chi connectivity index (χ0) is 15.3. The Labute approximate surface area is 122 Å². The van der Waals surface area contributed by atoms with E-state index in [-0.39, 0.29) is 12.0 Å². The lowest BCUT2D eigenvalue weighted by Gasteiger charge is -2.33. The minimum absolute atomic E-state index is 0.0476. The molecule has 0 spiro atoms. The van der Waals surface area contributed by atoms with Crippen molar-refractivity contribution in [2.24, 2.45) is 0 Å². The van der Waals surface area contributed by atoms with Gasteiger partial charge in [-0.25, -0.2) is 0 Å². The normalized spacial score (nSPS) is 14.4. The first kappa shape index (κ1) is 15.4. The highest BCUT2D eigenvalue weighted by atomic mass is 19.4. The number of hydrogen-bond acceptors (Lipinski definition) is 0. The fraction of sp³-hybridized carbons (Fsp3) is 0.222. The van der Waals surface area contributed by atoms with E-state index >= 15 is 0 Å². The standard InChI is InChI=1S/C18H17F3/c1-2-17(18(19,20)21,16-11-7-4-8-12-16)14-13-15-9-5-3-6-10-15/h2-12H,1,13-14H2. The number of halogens is 3. The molecule has 2 aromatic carbocycles. The van der Waals surface area contributed by atoms with Crippen LogP contribution in [0.1, 0.15) is 17.5 Å². The van der Waals surface area contributed by atoms with E-state index < -0.39 is 11.6 Å². The maximum atomic E-state index is 13.7. The van der Waals surface area contributed by atoms with Crippen molar-refractivity contribution in [2.45, 2.75) is 24.4 Å². The third-order valence-electron chi connectivity index (χ3n) is 3.79. The van der Waals surface area contributed by atoms with Crippen LogP contribution in [0.15, 0.2) is 73.3 Å². The summed E-state index contributed by atoms with van der Waals surface area (Å²) in [5, 5.41) is 0. The van der Waals surface area contributed by atoms with Crippen LogP contribution in [-0.4, -0.2) is 6.18 Å². The third-order valence-corrected chi connectivity index (χ3v) is 3.79. The van der Waals surface area contributed by atoms with Crippen molar-refractivity contribution >= 4 is 0 Å². The van der Waals surface area contributed by atoms with Crippen LogP contribution in [0.4, 0.5) is 13.2 Å². The fourth-order valence-corrected chi connectivity index (χ4v) is 2.51. The highest BCUT2D eigenvalue weighted by molar-refractivity contribution is 5.33. The lowest BCUT2D eigenvalue weighted by molar-refractivity contribution is -0.177. The zero-order valence-corrected chi connectivity index (χ0v) is 11.6. The van der Waals surface area contributed by atoms with Crippen molar-refractivity contribution in [1.29, 1.82) is 0 Å². The first-order chi connectivity index (χ1) is 9.99. The number of hydrogen-bond donors (Lipinski definition) is 0. The van der Waals surface area contributed by atoms with Gasteiger partial charge < -0.3 is 0 Å². The SMILES string of the molecule is C=CC(CCc1ccccc1)(c1ccccc1)C(F)(F)F. The summed E-state index contributed by atoms with van der Waals surface area (Å²) < 4.78 is 41.1. The molecule has 0 saturated carbocycles. The molecular formula is C18H17F3. The molecule has 1 atom stereocenters. The van der Waals surface area contributed by atoms with Crippen LogP contribution in [0.25, 0.3) is 0 Å². The van der Waals surface area contributed by atoms with Crippen molar-refractivity contribution in [3.05, 3.63) is 84.4 Å². The molecule has 0 aliphatic heterocycles. The summed E-state index contributed by atoms with van der Waals surface area (Å²) in [7, 11) is 0. The highest BCUT2D eigenvalue weighted by Crippen LogP contribution is 2.45. The topological polar surface area (TPSA) is 0 Å². The molecule has 0 radical (unpaired) electrons. The second-order valence-corrected chi connectivity index (χ2v) is 5.02. The van der Waals surface area contributed by atoms with Crippen LogP contribution in [0.5, 0.6) is 0 Å². The fourth-order valence-electron chi connectivity index (χ4n) is 2.51. The molecule has 0 N–H and O–H groups in total. The number of rotatable bonds is 5. The molecule has 0 fully saturated rings. The Bertz CT molecular complexity index is 572. The van der Waals surface area contributed by atoms with E-state index in [1.165, 1.54) is 12.1 Å². The van der Waals surface area contributed by atoms with Crippen LogP contribution in [0.2, 0.25) is 0 Å². The van der Waals surface area contributed by atoms with Crippen molar-refractivity contribution < 1.29 is 13.2 Å². The number of allylic oxidation sites excluding steroid dienone is 1. The molecule has 0 bridgehead atoms. The molecule has 0 aliphatic rings. The van der Waals surface area contributed by atoms with Gasteiger partial charge in [-0.05, 0) is 24.0 Å². The van der Waals surface area contributed by atoms with Crippen molar-refractivity contribution in [3.8, 4) is 0 Å². The predicted octanol–water partition coefficient (Wildman–Crippen LogP) is 5.31. The molecule has 0 nitrogen and oxygen atoms in total. The van der Waals surface area contributed by atoms with Gasteiger partial charge in [0.1, 0.15) is 5.41 Å². The van der Waals surface area contributed by atoms with Crippen LogP contribution < -0.4 is 0 Å². The summed E-state index contributed by atoms with van der Waals surface area (Å²) in [6, 6.07) is 17.2. The maximum Gasteiger partial charge on any atom is 0.401 e. The van der Waals surface area contributed by atoms with Crippen molar-refractivity contribution in [2.75, 3.05) is 0 Å². The summed E-state index contributed by atoms with van der Waals surface area (Å²) in [4.78, 5) is 0. The zero-order valence-electron chi connectivity index (χ0n) is 11.6. The van der Waals surface area contributed by atoms with E-state index in [9.17, 15) is 13.2 Å². The quantitative estimate of drug-likeness (QED) is 0.655. The molecule has 1 unspecified atom stereocenters. The van der Waals surface area contributed by atoms with Gasteiger partial charge in [-0.3, -0.25) is 0 Å². The average molecular weight is 290 g/mol. The first-order valence-corrected chi connectivity index (χ1v) is 6.79. The molecule has 21 heavy (non-hydrogen) atoms. The van der Waals surface area contributed by atoms with Crippen LogP contribution in [0.3, 0.4) is 0 Å². The van der Waals surface area contributed by atoms with Gasteiger partial charge in [0, 0.05) is 0 Å². The van der Waals surface area contributed by atoms with Gasteiger partial charge >= 0.3 is 6.18 Å². The summed E-state index contributed by atoms with van der Waals surface area (Å²) in [5.74, 6) is 0. The van der Waals surface area contributed by atoms with Gasteiger partial charge in [-0.2, -0.15) is 13.2 Å². The molecular weight excluding hydrogens is 273 g/mol. The number of alkyl halides is 3. The third kappa shape index (κ3) is 3.18. The molecule has 3 heteroatoms. The summed E-state index contributed by atoms with van der Waals surface area (Å²) in [6.45, 7) is 3.47. The maximum absolute atomic E-state index is 13.7. The monoisotopic (exact) mass is 290 g/mol. The van der Waals surface area contributed by atoms with E-state index in [0.29, 0.717) is 6.42 Å². The largest absolute Gasteiger partial charge is 0.401 e. The lowest BCUT2D eigenvalue weighted by atomic mass is 9.75. The molecule has 0 saturated heterocycles. The highest BCUT2D eigenvalue weighted by Gasteiger charge is 2.53.